The molecule has 1 unspecified atom stereocenters. The van der Waals surface area contributed by atoms with E-state index in [0.29, 0.717) is 12.0 Å². The van der Waals surface area contributed by atoms with Crippen molar-refractivity contribution in [3.63, 3.8) is 0 Å². The van der Waals surface area contributed by atoms with Crippen molar-refractivity contribution in [1.82, 2.24) is 9.80 Å². The number of hydrogen-bond donors (Lipinski definition) is 1. The lowest BCUT2D eigenvalue weighted by Crippen LogP contribution is -2.48. The van der Waals surface area contributed by atoms with Gasteiger partial charge in [-0.25, -0.2) is 8.78 Å². The van der Waals surface area contributed by atoms with Crippen molar-refractivity contribution in [2.24, 2.45) is 0 Å². The molecule has 1 aliphatic heterocycles. The topological polar surface area (TPSA) is 26.7 Å². The minimum Gasteiger partial charge on any atom is -0.388 e. The third-order valence-corrected chi connectivity index (χ3v) is 6.05. The van der Waals surface area contributed by atoms with E-state index in [0.717, 1.165) is 44.9 Å². The lowest BCUT2D eigenvalue weighted by molar-refractivity contribution is 0.0885. The monoisotopic (exact) mass is 422 g/mol. The first-order chi connectivity index (χ1) is 15.1. The molecular weight excluding hydrogens is 394 g/mol. The summed E-state index contributed by atoms with van der Waals surface area (Å²) in [7, 11) is 0. The van der Waals surface area contributed by atoms with Crippen LogP contribution in [0.1, 0.15) is 35.3 Å². The standard InChI is InChI=1S/C26H28F2N2O/c27-23-12-11-22(19-24(23)28)25(31)13-14-29-15-17-30(18-16-29)26(20-7-3-1-4-8-20)21-9-5-2-6-10-21/h1-12,19,25-26,31H,13-18H2. The SMILES string of the molecule is OC(CCN1CCN(C(c2ccccc2)c2ccccc2)CC1)c1ccc(F)c(F)c1. The Morgan fingerprint density at radius 1 is 0.710 bits per heavy atom. The van der Waals surface area contributed by atoms with Crippen molar-refractivity contribution in [3.8, 4) is 0 Å². The van der Waals surface area contributed by atoms with Crippen LogP contribution in [-0.2, 0) is 0 Å². The van der Waals surface area contributed by atoms with Crippen molar-refractivity contribution < 1.29 is 13.9 Å². The number of aliphatic hydroxyl groups excluding tert-OH is 1. The Kier molecular flexibility index (Phi) is 7.07. The number of piperazine rings is 1. The van der Waals surface area contributed by atoms with Gasteiger partial charge in [0.1, 0.15) is 0 Å². The molecule has 0 radical (unpaired) electrons. The van der Waals surface area contributed by atoms with Crippen LogP contribution >= 0.6 is 0 Å². The highest BCUT2D eigenvalue weighted by Crippen LogP contribution is 2.29. The second-order valence-electron chi connectivity index (χ2n) is 8.08. The third kappa shape index (κ3) is 5.37. The molecule has 1 atom stereocenters. The quantitative estimate of drug-likeness (QED) is 0.593. The summed E-state index contributed by atoms with van der Waals surface area (Å²) in [4.78, 5) is 4.83. The summed E-state index contributed by atoms with van der Waals surface area (Å²) in [6, 6.07) is 25.0. The van der Waals surface area contributed by atoms with Crippen LogP contribution in [0.4, 0.5) is 8.78 Å². The van der Waals surface area contributed by atoms with Gasteiger partial charge in [0.25, 0.3) is 0 Å². The van der Waals surface area contributed by atoms with Crippen molar-refractivity contribution in [1.29, 1.82) is 0 Å². The van der Waals surface area contributed by atoms with Crippen LogP contribution in [-0.4, -0.2) is 47.6 Å². The number of rotatable bonds is 7. The van der Waals surface area contributed by atoms with Gasteiger partial charge in [-0.05, 0) is 35.2 Å². The Morgan fingerprint density at radius 3 is 1.84 bits per heavy atom. The van der Waals surface area contributed by atoms with Gasteiger partial charge in [0.05, 0.1) is 12.1 Å². The van der Waals surface area contributed by atoms with Crippen molar-refractivity contribution in [3.05, 3.63) is 107 Å². The molecule has 0 saturated carbocycles. The predicted octanol–water partition coefficient (Wildman–Crippen LogP) is 4.80. The Morgan fingerprint density at radius 2 is 1.29 bits per heavy atom. The first-order valence-electron chi connectivity index (χ1n) is 10.8. The van der Waals surface area contributed by atoms with Gasteiger partial charge in [0.2, 0.25) is 0 Å². The first kappa shape index (κ1) is 21.6. The van der Waals surface area contributed by atoms with E-state index in [1.54, 1.807) is 0 Å². The molecule has 0 spiro atoms. The van der Waals surface area contributed by atoms with Crippen molar-refractivity contribution in [2.45, 2.75) is 18.6 Å². The van der Waals surface area contributed by atoms with Gasteiger partial charge < -0.3 is 10.0 Å². The van der Waals surface area contributed by atoms with Crippen LogP contribution in [0.5, 0.6) is 0 Å². The van der Waals surface area contributed by atoms with Gasteiger partial charge in [0.15, 0.2) is 11.6 Å². The van der Waals surface area contributed by atoms with Crippen LogP contribution in [0.25, 0.3) is 0 Å². The normalized spacial score (nSPS) is 16.5. The lowest BCUT2D eigenvalue weighted by atomic mass is 9.96. The number of aliphatic hydroxyl groups is 1. The summed E-state index contributed by atoms with van der Waals surface area (Å²) >= 11 is 0. The van der Waals surface area contributed by atoms with Gasteiger partial charge in [0, 0.05) is 32.7 Å². The molecule has 1 heterocycles. The Labute approximate surface area is 182 Å². The van der Waals surface area contributed by atoms with Crippen LogP contribution in [0.2, 0.25) is 0 Å². The molecular formula is C26H28F2N2O. The lowest BCUT2D eigenvalue weighted by Gasteiger charge is -2.40. The molecule has 0 bridgehead atoms. The third-order valence-electron chi connectivity index (χ3n) is 6.05. The maximum Gasteiger partial charge on any atom is 0.159 e. The minimum atomic E-state index is -0.918. The second-order valence-corrected chi connectivity index (χ2v) is 8.08. The van der Waals surface area contributed by atoms with Crippen LogP contribution in [0.3, 0.4) is 0 Å². The average Bonchev–Trinajstić information content (AvgIpc) is 2.82. The van der Waals surface area contributed by atoms with E-state index in [4.69, 9.17) is 0 Å². The molecule has 5 heteroatoms. The zero-order chi connectivity index (χ0) is 21.6. The average molecular weight is 423 g/mol. The highest BCUT2D eigenvalue weighted by atomic mass is 19.2. The Bertz CT molecular complexity index is 920. The van der Waals surface area contributed by atoms with E-state index in [-0.39, 0.29) is 6.04 Å². The number of hydrogen-bond acceptors (Lipinski definition) is 3. The van der Waals surface area contributed by atoms with Crippen LogP contribution < -0.4 is 0 Å². The smallest absolute Gasteiger partial charge is 0.159 e. The number of nitrogens with zero attached hydrogens (tertiary/aromatic N) is 2. The van der Waals surface area contributed by atoms with Crippen LogP contribution in [0, 0.1) is 11.6 Å². The summed E-state index contributed by atoms with van der Waals surface area (Å²) in [5.41, 5.74) is 3.00. The molecule has 162 valence electrons. The molecule has 0 aromatic heterocycles. The minimum absolute atomic E-state index is 0.220. The highest BCUT2D eigenvalue weighted by molar-refractivity contribution is 5.32. The maximum absolute atomic E-state index is 13.4. The van der Waals surface area contributed by atoms with E-state index >= 15 is 0 Å². The molecule has 3 nitrogen and oxygen atoms in total. The Balaban J connectivity index is 1.36. The van der Waals surface area contributed by atoms with E-state index in [9.17, 15) is 13.9 Å². The second kappa shape index (κ2) is 10.1. The van der Waals surface area contributed by atoms with Gasteiger partial charge in [-0.1, -0.05) is 66.7 Å². The molecule has 0 amide bonds. The Hall–Kier alpha value is -2.60. The summed E-state index contributed by atoms with van der Waals surface area (Å²) < 4.78 is 26.5. The molecule has 31 heavy (non-hydrogen) atoms. The molecule has 3 aromatic rings. The van der Waals surface area contributed by atoms with Gasteiger partial charge in [-0.2, -0.15) is 0 Å². The van der Waals surface area contributed by atoms with Gasteiger partial charge >= 0.3 is 0 Å². The summed E-state index contributed by atoms with van der Waals surface area (Å²) in [6.07, 6.45) is -0.305. The van der Waals surface area contributed by atoms with E-state index in [1.165, 1.54) is 17.2 Å². The molecule has 1 N–H and O–H groups in total. The molecule has 3 aromatic carbocycles. The van der Waals surface area contributed by atoms with Gasteiger partial charge in [-0.15, -0.1) is 0 Å². The number of halogens is 2. The largest absolute Gasteiger partial charge is 0.388 e. The molecule has 1 saturated heterocycles. The van der Waals surface area contributed by atoms with Crippen molar-refractivity contribution >= 4 is 0 Å². The summed E-state index contributed by atoms with van der Waals surface area (Å²) in [5.74, 6) is -1.81. The zero-order valence-corrected chi connectivity index (χ0v) is 17.5. The molecule has 0 aliphatic carbocycles. The fourth-order valence-electron chi connectivity index (χ4n) is 4.32. The summed E-state index contributed by atoms with van der Waals surface area (Å²) in [6.45, 7) is 4.38. The number of benzene rings is 3. The fraction of sp³-hybridized carbons (Fsp3) is 0.308. The molecule has 1 aliphatic rings. The summed E-state index contributed by atoms with van der Waals surface area (Å²) in [5, 5.41) is 10.4. The zero-order valence-electron chi connectivity index (χ0n) is 17.5. The molecule has 1 fully saturated rings. The van der Waals surface area contributed by atoms with E-state index in [1.807, 2.05) is 12.1 Å². The van der Waals surface area contributed by atoms with E-state index < -0.39 is 17.7 Å². The maximum atomic E-state index is 13.4. The fourth-order valence-corrected chi connectivity index (χ4v) is 4.32. The van der Waals surface area contributed by atoms with E-state index in [2.05, 4.69) is 58.3 Å². The molecule has 4 rings (SSSR count). The van der Waals surface area contributed by atoms with Gasteiger partial charge in [-0.3, -0.25) is 4.90 Å². The van der Waals surface area contributed by atoms with Crippen LogP contribution in [0.15, 0.2) is 78.9 Å². The highest BCUT2D eigenvalue weighted by Gasteiger charge is 2.26. The first-order valence-corrected chi connectivity index (χ1v) is 10.8. The van der Waals surface area contributed by atoms with Crippen molar-refractivity contribution in [2.75, 3.05) is 32.7 Å². The predicted molar refractivity (Wildman–Crippen MR) is 119 cm³/mol.